The lowest BCUT2D eigenvalue weighted by Crippen LogP contribution is -2.59. The van der Waals surface area contributed by atoms with Gasteiger partial charge in [-0.15, -0.1) is 0 Å². The highest BCUT2D eigenvalue weighted by molar-refractivity contribution is 7.80. The molecule has 1 aliphatic carbocycles. The largest absolute Gasteiger partial charge is 0.378 e. The smallest absolute Gasteiger partial charge is 0.270 e. The second kappa shape index (κ2) is 22.7. The van der Waals surface area contributed by atoms with Gasteiger partial charge in [0.2, 0.25) is 0 Å². The minimum Gasteiger partial charge on any atom is -0.378 e. The molecule has 0 saturated carbocycles. The lowest BCUT2D eigenvalue weighted by atomic mass is 10.0. The quantitative estimate of drug-likeness (QED) is 0.0403. The first-order valence-corrected chi connectivity index (χ1v) is 21.2. The number of nitrogens with one attached hydrogen (secondary N) is 2. The van der Waals surface area contributed by atoms with Crippen molar-refractivity contribution in [2.45, 2.75) is 13.1 Å². The van der Waals surface area contributed by atoms with E-state index in [4.69, 9.17) is 33.9 Å². The molecule has 14 nitrogen and oxygen atoms in total. The van der Waals surface area contributed by atoms with E-state index < -0.39 is 16.7 Å². The summed E-state index contributed by atoms with van der Waals surface area (Å²) in [7, 11) is 4.00. The van der Waals surface area contributed by atoms with E-state index in [-0.39, 0.29) is 59.1 Å². The number of hydrogen-bond donors (Lipinski definition) is 2. The van der Waals surface area contributed by atoms with Crippen LogP contribution in [0.2, 0.25) is 0 Å². The Morgan fingerprint density at radius 2 is 1.03 bits per heavy atom. The van der Waals surface area contributed by atoms with Gasteiger partial charge in [-0.3, -0.25) is 54.9 Å². The van der Waals surface area contributed by atoms with Crippen LogP contribution in [0.25, 0.3) is 11.1 Å². The molecule has 0 atom stereocenters. The van der Waals surface area contributed by atoms with Crippen molar-refractivity contribution in [2.75, 3.05) is 66.7 Å². The van der Waals surface area contributed by atoms with Crippen molar-refractivity contribution in [3.05, 3.63) is 171 Å². The number of ether oxygens (including phenoxy) is 2. The molecule has 2 N–H and O–H groups in total. The van der Waals surface area contributed by atoms with E-state index in [1.165, 1.54) is 39.3 Å². The second-order valence-corrected chi connectivity index (χ2v) is 15.7. The Morgan fingerprint density at radius 3 is 1.56 bits per heavy atom. The lowest BCUT2D eigenvalue weighted by Gasteiger charge is -2.38. The zero-order valence-electron chi connectivity index (χ0n) is 35.1. The van der Waals surface area contributed by atoms with E-state index in [0.29, 0.717) is 37.4 Å². The van der Waals surface area contributed by atoms with Gasteiger partial charge in [0.25, 0.3) is 17.5 Å². The summed E-state index contributed by atoms with van der Waals surface area (Å²) in [6.45, 7) is 3.94. The van der Waals surface area contributed by atoms with Gasteiger partial charge in [0.15, 0.2) is 16.0 Å². The molecule has 0 aliphatic heterocycles. The van der Waals surface area contributed by atoms with Crippen molar-refractivity contribution in [3.63, 3.8) is 0 Å². The summed E-state index contributed by atoms with van der Waals surface area (Å²) in [6.07, 6.45) is 0. The topological polar surface area (TPSA) is 150 Å². The van der Waals surface area contributed by atoms with Crippen LogP contribution in [0.1, 0.15) is 47.8 Å². The highest BCUT2D eigenvalue weighted by atomic mass is 32.1. The molecule has 0 spiro atoms. The van der Waals surface area contributed by atoms with Gasteiger partial charge >= 0.3 is 0 Å². The number of ketones is 1. The molecule has 0 aromatic heterocycles. The number of likely N-dealkylation sites (N-methyl/N-ethyl adjacent to an activating group) is 2. The predicted molar refractivity (Wildman–Crippen MR) is 249 cm³/mol. The van der Waals surface area contributed by atoms with Gasteiger partial charge in [-0.25, -0.2) is 0 Å². The van der Waals surface area contributed by atoms with Gasteiger partial charge in [0.05, 0.1) is 44.4 Å². The fourth-order valence-electron chi connectivity index (χ4n) is 6.96. The van der Waals surface area contributed by atoms with Gasteiger partial charge in [0, 0.05) is 60.6 Å². The number of amides is 2. The van der Waals surface area contributed by atoms with E-state index in [9.17, 15) is 24.5 Å². The molecule has 5 aromatic carbocycles. The molecule has 0 unspecified atom stereocenters. The summed E-state index contributed by atoms with van der Waals surface area (Å²) < 4.78 is 12.2. The fraction of sp³-hybridized carbons (Fsp3) is 0.255. The van der Waals surface area contributed by atoms with Gasteiger partial charge in [-0.05, 0) is 79.0 Å². The van der Waals surface area contributed by atoms with Crippen molar-refractivity contribution in [2.24, 2.45) is 0 Å². The molecule has 16 heteroatoms. The summed E-state index contributed by atoms with van der Waals surface area (Å²) in [5.41, 5.74) is 4.84. The van der Waals surface area contributed by atoms with Crippen molar-refractivity contribution >= 4 is 57.9 Å². The molecular weight excluding hydrogens is 839 g/mol. The first-order valence-electron chi connectivity index (χ1n) is 20.4. The van der Waals surface area contributed by atoms with Crippen LogP contribution in [-0.2, 0) is 22.6 Å². The van der Waals surface area contributed by atoms with Crippen molar-refractivity contribution in [1.82, 2.24) is 30.5 Å². The number of thiocarbonyl (C=S) groups is 2. The second-order valence-electron chi connectivity index (χ2n) is 14.9. The molecule has 63 heavy (non-hydrogen) atoms. The lowest BCUT2D eigenvalue weighted by molar-refractivity contribution is -0.384. The molecule has 0 saturated heterocycles. The number of non-ortho nitro benzene ring substituents is 1. The van der Waals surface area contributed by atoms with E-state index in [2.05, 4.69) is 44.7 Å². The molecule has 2 amide bonds. The SMILES string of the molecule is CN(CCOCCN(C(=S)NC(=O)c1cccc([N+](=O)[O-])c1)N(CCOCCN(C)Cc1ccccc1)C(=S)NC(=O)c1ccc2c(c1)C(=O)c1ccccc1-2)Cc1ccccc1. The standard InChI is InChI=1S/C47H49N7O7S2/c1-50(32-34-12-5-3-6-13-34)22-26-60-28-24-52(46(62)48-44(56)36-16-11-17-38(30-36)54(58)59)53(25-29-61-27-23-51(2)33-35-14-7-4-8-15-35)47(63)49-45(57)37-20-21-40-39-18-9-10-19-41(39)43(55)42(40)31-37/h3-21,30-31H,22-29,32-33H2,1-2H3,(H,48,56,62)(H,49,57,63). The van der Waals surface area contributed by atoms with Crippen LogP contribution >= 0.6 is 24.4 Å². The summed E-state index contributed by atoms with van der Waals surface area (Å²) >= 11 is 11.7. The number of carbonyl (C=O) groups excluding carboxylic acids is 3. The summed E-state index contributed by atoms with van der Waals surface area (Å²) in [5.74, 6) is -1.42. The first kappa shape index (κ1) is 46.2. The summed E-state index contributed by atoms with van der Waals surface area (Å²) in [5, 5.41) is 19.8. The Bertz CT molecular complexity index is 2420. The minimum absolute atomic E-state index is 0.0166. The minimum atomic E-state index is -0.687. The Kier molecular flexibility index (Phi) is 16.7. The van der Waals surface area contributed by atoms with E-state index in [1.807, 2.05) is 62.6 Å². The molecule has 0 bridgehead atoms. The molecule has 6 rings (SSSR count). The van der Waals surface area contributed by atoms with Crippen LogP contribution in [-0.4, -0.2) is 119 Å². The van der Waals surface area contributed by atoms with Crippen molar-refractivity contribution in [1.29, 1.82) is 0 Å². The van der Waals surface area contributed by atoms with Crippen molar-refractivity contribution < 1.29 is 28.8 Å². The van der Waals surface area contributed by atoms with E-state index in [0.717, 1.165) is 30.3 Å². The molecule has 1 aliphatic rings. The average molecular weight is 888 g/mol. The summed E-state index contributed by atoms with van der Waals surface area (Å²) in [6, 6.07) is 37.7. The van der Waals surface area contributed by atoms with E-state index in [1.54, 1.807) is 30.3 Å². The molecule has 0 fully saturated rings. The number of hydrazine groups is 1. The Labute approximate surface area is 377 Å². The zero-order valence-corrected chi connectivity index (χ0v) is 36.7. The number of hydrogen-bond acceptors (Lipinski definition) is 11. The average Bonchev–Trinajstić information content (AvgIpc) is 3.57. The van der Waals surface area contributed by atoms with E-state index >= 15 is 0 Å². The number of benzene rings is 5. The molecule has 0 heterocycles. The van der Waals surface area contributed by atoms with Crippen LogP contribution in [0.3, 0.4) is 0 Å². The zero-order chi connectivity index (χ0) is 44.7. The van der Waals surface area contributed by atoms with Gasteiger partial charge in [0.1, 0.15) is 0 Å². The third-order valence-electron chi connectivity index (χ3n) is 10.2. The first-order chi connectivity index (χ1) is 30.5. The van der Waals surface area contributed by atoms with Crippen LogP contribution in [0.4, 0.5) is 5.69 Å². The maximum atomic E-state index is 13.9. The highest BCUT2D eigenvalue weighted by Gasteiger charge is 2.29. The van der Waals surface area contributed by atoms with Crippen LogP contribution < -0.4 is 10.6 Å². The maximum absolute atomic E-state index is 13.9. The number of nitrogens with zero attached hydrogens (tertiary/aromatic N) is 5. The molecule has 5 aromatic rings. The van der Waals surface area contributed by atoms with Crippen LogP contribution in [0, 0.1) is 10.1 Å². The summed E-state index contributed by atoms with van der Waals surface area (Å²) in [4.78, 5) is 55.9. The Balaban J connectivity index is 1.18. The van der Waals surface area contributed by atoms with Crippen LogP contribution in [0.15, 0.2) is 127 Å². The number of carbonyl (C=O) groups is 3. The number of fused-ring (bicyclic) bond motifs is 3. The number of nitro benzene ring substituents is 1. The van der Waals surface area contributed by atoms with Crippen molar-refractivity contribution in [3.8, 4) is 11.1 Å². The Hall–Kier alpha value is -6.27. The van der Waals surface area contributed by atoms with Gasteiger partial charge in [-0.2, -0.15) is 0 Å². The molecule has 0 radical (unpaired) electrons. The van der Waals surface area contributed by atoms with Gasteiger partial charge < -0.3 is 9.47 Å². The Morgan fingerprint density at radius 1 is 0.571 bits per heavy atom. The predicted octanol–water partition coefficient (Wildman–Crippen LogP) is 6.35. The normalized spacial score (nSPS) is 11.5. The third-order valence-corrected chi connectivity index (χ3v) is 10.9. The van der Waals surface area contributed by atoms with Gasteiger partial charge in [-0.1, -0.05) is 97.1 Å². The monoisotopic (exact) mass is 887 g/mol. The molecule has 326 valence electrons. The third kappa shape index (κ3) is 12.9. The fourth-order valence-corrected chi connectivity index (χ4v) is 7.52. The van der Waals surface area contributed by atoms with Crippen LogP contribution in [0.5, 0.6) is 0 Å². The molecular formula is C47H49N7O7S2. The number of nitro groups is 1. The highest BCUT2D eigenvalue weighted by Crippen LogP contribution is 2.36. The number of rotatable bonds is 19. The maximum Gasteiger partial charge on any atom is 0.270 e.